The SMILES string of the molecule is O=c1c2cc([N+](=O)[O-])ccc2ncn1CC(O)c1ccccc1Cl. The summed E-state index contributed by atoms with van der Waals surface area (Å²) in [6.45, 7) is -0.0613. The van der Waals surface area contributed by atoms with Crippen molar-refractivity contribution in [3.05, 3.63) is 79.8 Å². The summed E-state index contributed by atoms with van der Waals surface area (Å²) in [4.78, 5) is 26.9. The number of rotatable bonds is 4. The van der Waals surface area contributed by atoms with Crippen LogP contribution in [-0.2, 0) is 6.54 Å². The highest BCUT2D eigenvalue weighted by atomic mass is 35.5. The maximum atomic E-state index is 12.5. The van der Waals surface area contributed by atoms with Crippen molar-refractivity contribution in [3.8, 4) is 0 Å². The fourth-order valence-electron chi connectivity index (χ4n) is 2.42. The molecular formula is C16H12ClN3O4. The van der Waals surface area contributed by atoms with E-state index in [0.29, 0.717) is 16.1 Å². The molecule has 0 aliphatic heterocycles. The Morgan fingerprint density at radius 1 is 1.29 bits per heavy atom. The minimum Gasteiger partial charge on any atom is -0.386 e. The molecule has 0 fully saturated rings. The highest BCUT2D eigenvalue weighted by molar-refractivity contribution is 6.31. The fraction of sp³-hybridized carbons (Fsp3) is 0.125. The second-order valence-electron chi connectivity index (χ2n) is 5.20. The molecule has 0 radical (unpaired) electrons. The fourth-order valence-corrected chi connectivity index (χ4v) is 2.68. The van der Waals surface area contributed by atoms with Crippen LogP contribution in [0.2, 0.25) is 5.02 Å². The number of non-ortho nitro benzene ring substituents is 1. The molecule has 3 rings (SSSR count). The molecule has 1 heterocycles. The van der Waals surface area contributed by atoms with Gasteiger partial charge in [0.05, 0.1) is 34.8 Å². The average molecular weight is 346 g/mol. The molecule has 0 saturated heterocycles. The van der Waals surface area contributed by atoms with Crippen molar-refractivity contribution in [2.45, 2.75) is 12.6 Å². The third-order valence-corrected chi connectivity index (χ3v) is 4.00. The van der Waals surface area contributed by atoms with Gasteiger partial charge in [0.1, 0.15) is 0 Å². The van der Waals surface area contributed by atoms with Crippen molar-refractivity contribution < 1.29 is 10.0 Å². The van der Waals surface area contributed by atoms with Gasteiger partial charge in [0.25, 0.3) is 11.2 Å². The van der Waals surface area contributed by atoms with Gasteiger partial charge in [-0.3, -0.25) is 19.5 Å². The van der Waals surface area contributed by atoms with Gasteiger partial charge in [0, 0.05) is 22.7 Å². The summed E-state index contributed by atoms with van der Waals surface area (Å²) < 4.78 is 1.21. The zero-order chi connectivity index (χ0) is 17.3. The van der Waals surface area contributed by atoms with Gasteiger partial charge >= 0.3 is 0 Å². The van der Waals surface area contributed by atoms with Crippen molar-refractivity contribution >= 4 is 28.2 Å². The van der Waals surface area contributed by atoms with E-state index in [1.807, 2.05) is 0 Å². The largest absolute Gasteiger partial charge is 0.386 e. The lowest BCUT2D eigenvalue weighted by Crippen LogP contribution is -2.24. The number of hydrogen-bond donors (Lipinski definition) is 1. The van der Waals surface area contributed by atoms with E-state index >= 15 is 0 Å². The van der Waals surface area contributed by atoms with Crippen LogP contribution in [0, 0.1) is 10.1 Å². The van der Waals surface area contributed by atoms with Crippen LogP contribution in [0.1, 0.15) is 11.7 Å². The quantitative estimate of drug-likeness (QED) is 0.579. The van der Waals surface area contributed by atoms with Crippen LogP contribution in [0.4, 0.5) is 5.69 Å². The Balaban J connectivity index is 2.01. The van der Waals surface area contributed by atoms with Crippen LogP contribution in [-0.4, -0.2) is 19.6 Å². The van der Waals surface area contributed by atoms with Gasteiger partial charge in [0.2, 0.25) is 0 Å². The van der Waals surface area contributed by atoms with Gasteiger partial charge < -0.3 is 5.11 Å². The predicted molar refractivity (Wildman–Crippen MR) is 89.1 cm³/mol. The van der Waals surface area contributed by atoms with Crippen molar-refractivity contribution in [1.82, 2.24) is 9.55 Å². The molecule has 7 nitrogen and oxygen atoms in total. The molecule has 24 heavy (non-hydrogen) atoms. The number of benzene rings is 2. The molecule has 0 spiro atoms. The van der Waals surface area contributed by atoms with Gasteiger partial charge in [-0.2, -0.15) is 0 Å². The van der Waals surface area contributed by atoms with Crippen molar-refractivity contribution in [2.75, 3.05) is 0 Å². The minimum absolute atomic E-state index is 0.0613. The second kappa shape index (κ2) is 6.38. The smallest absolute Gasteiger partial charge is 0.270 e. The number of aromatic nitrogens is 2. The van der Waals surface area contributed by atoms with Gasteiger partial charge in [-0.25, -0.2) is 4.98 Å². The molecule has 0 amide bonds. The van der Waals surface area contributed by atoms with E-state index in [9.17, 15) is 20.0 Å². The predicted octanol–water partition coefficient (Wildman–Crippen LogP) is 2.69. The molecule has 1 unspecified atom stereocenters. The normalized spacial score (nSPS) is 12.2. The molecule has 1 N–H and O–H groups in total. The first-order chi connectivity index (χ1) is 11.5. The van der Waals surface area contributed by atoms with Gasteiger partial charge in [0.15, 0.2) is 0 Å². The van der Waals surface area contributed by atoms with Crippen LogP contribution in [0.15, 0.2) is 53.6 Å². The highest BCUT2D eigenvalue weighted by Crippen LogP contribution is 2.23. The number of aliphatic hydroxyl groups excluding tert-OH is 1. The summed E-state index contributed by atoms with van der Waals surface area (Å²) >= 11 is 6.04. The van der Waals surface area contributed by atoms with E-state index in [-0.39, 0.29) is 17.6 Å². The molecule has 1 aromatic heterocycles. The molecule has 8 heteroatoms. The summed E-state index contributed by atoms with van der Waals surface area (Å²) in [6, 6.07) is 10.7. The van der Waals surface area contributed by atoms with E-state index < -0.39 is 16.6 Å². The molecule has 0 saturated carbocycles. The lowest BCUT2D eigenvalue weighted by Gasteiger charge is -2.14. The Kier molecular flexibility index (Phi) is 4.28. The summed E-state index contributed by atoms with van der Waals surface area (Å²) in [7, 11) is 0. The molecule has 0 bridgehead atoms. The second-order valence-corrected chi connectivity index (χ2v) is 5.61. The van der Waals surface area contributed by atoms with Gasteiger partial charge in [-0.05, 0) is 12.1 Å². The molecule has 1 atom stereocenters. The molecule has 0 aliphatic carbocycles. The van der Waals surface area contributed by atoms with E-state index in [2.05, 4.69) is 4.98 Å². The molecule has 3 aromatic rings. The van der Waals surface area contributed by atoms with Gasteiger partial charge in [-0.15, -0.1) is 0 Å². The number of nitro benzene ring substituents is 1. The monoisotopic (exact) mass is 345 g/mol. The first-order valence-electron chi connectivity index (χ1n) is 7.03. The summed E-state index contributed by atoms with van der Waals surface area (Å²) in [5, 5.41) is 21.7. The van der Waals surface area contributed by atoms with E-state index in [4.69, 9.17) is 11.6 Å². The number of halogens is 1. The molecular weight excluding hydrogens is 334 g/mol. The summed E-state index contributed by atoms with van der Waals surface area (Å²) in [5.41, 5.74) is 0.194. The first kappa shape index (κ1) is 16.1. The maximum absolute atomic E-state index is 12.5. The van der Waals surface area contributed by atoms with Crippen LogP contribution < -0.4 is 5.56 Å². The van der Waals surface area contributed by atoms with Crippen molar-refractivity contribution in [3.63, 3.8) is 0 Å². The highest BCUT2D eigenvalue weighted by Gasteiger charge is 2.15. The minimum atomic E-state index is -1.01. The summed E-state index contributed by atoms with van der Waals surface area (Å²) in [5.74, 6) is 0. The van der Waals surface area contributed by atoms with Crippen LogP contribution in [0.3, 0.4) is 0 Å². The maximum Gasteiger partial charge on any atom is 0.270 e. The van der Waals surface area contributed by atoms with Crippen molar-refractivity contribution in [2.24, 2.45) is 0 Å². The molecule has 0 aliphatic rings. The first-order valence-corrected chi connectivity index (χ1v) is 7.41. The van der Waals surface area contributed by atoms with E-state index in [1.54, 1.807) is 24.3 Å². The third kappa shape index (κ3) is 2.99. The summed E-state index contributed by atoms with van der Waals surface area (Å²) in [6.07, 6.45) is 0.297. The zero-order valence-electron chi connectivity index (χ0n) is 12.3. The molecule has 2 aromatic carbocycles. The Hall–Kier alpha value is -2.77. The Morgan fingerprint density at radius 3 is 2.75 bits per heavy atom. The number of fused-ring (bicyclic) bond motifs is 1. The molecule has 122 valence electrons. The van der Waals surface area contributed by atoms with Crippen molar-refractivity contribution in [1.29, 1.82) is 0 Å². The van der Waals surface area contributed by atoms with E-state index in [0.717, 1.165) is 0 Å². The standard InChI is InChI=1S/C16H12ClN3O4/c17-13-4-2-1-3-11(13)15(21)8-19-9-18-14-6-5-10(20(23)24)7-12(14)16(19)22/h1-7,9,15,21H,8H2. The lowest BCUT2D eigenvalue weighted by atomic mass is 10.1. The van der Waals surface area contributed by atoms with Gasteiger partial charge in [-0.1, -0.05) is 29.8 Å². The number of nitro groups is 1. The van der Waals surface area contributed by atoms with Crippen LogP contribution in [0.5, 0.6) is 0 Å². The topological polar surface area (TPSA) is 98.3 Å². The Bertz CT molecular complexity index is 986. The average Bonchev–Trinajstić information content (AvgIpc) is 2.57. The Labute approximate surface area is 140 Å². The van der Waals surface area contributed by atoms with E-state index in [1.165, 1.54) is 29.1 Å². The number of aliphatic hydroxyl groups is 1. The van der Waals surface area contributed by atoms with Crippen LogP contribution in [0.25, 0.3) is 10.9 Å². The number of hydrogen-bond acceptors (Lipinski definition) is 5. The zero-order valence-corrected chi connectivity index (χ0v) is 13.1. The Morgan fingerprint density at radius 2 is 2.04 bits per heavy atom. The third-order valence-electron chi connectivity index (χ3n) is 3.65. The lowest BCUT2D eigenvalue weighted by molar-refractivity contribution is -0.384. The number of nitrogens with zero attached hydrogens (tertiary/aromatic N) is 3. The van der Waals surface area contributed by atoms with Crippen LogP contribution >= 0.6 is 11.6 Å².